The van der Waals surface area contributed by atoms with Crippen molar-refractivity contribution in [2.75, 3.05) is 6.54 Å². The Hall–Kier alpha value is -1.42. The van der Waals surface area contributed by atoms with Crippen LogP contribution in [0.5, 0.6) is 0 Å². The lowest BCUT2D eigenvalue weighted by Gasteiger charge is -2.19. The molecule has 1 aromatic carbocycles. The predicted molar refractivity (Wildman–Crippen MR) is 57.6 cm³/mol. The highest BCUT2D eigenvalue weighted by atomic mass is 19.1. The van der Waals surface area contributed by atoms with E-state index in [1.54, 1.807) is 6.07 Å². The second kappa shape index (κ2) is 3.87. The molecule has 1 fully saturated rings. The molecule has 1 atom stereocenters. The number of fused-ring (bicyclic) bond motifs is 1. The predicted octanol–water partition coefficient (Wildman–Crippen LogP) is 2.80. The maximum Gasteiger partial charge on any atom is 0.170 e. The zero-order chi connectivity index (χ0) is 11.0. The molecule has 1 saturated heterocycles. The third-order valence-electron chi connectivity index (χ3n) is 3.01. The van der Waals surface area contributed by atoms with Gasteiger partial charge in [0.05, 0.1) is 6.04 Å². The smallest absolute Gasteiger partial charge is 0.170 e. The molecule has 0 bridgehead atoms. The van der Waals surface area contributed by atoms with Crippen molar-refractivity contribution in [3.8, 4) is 0 Å². The van der Waals surface area contributed by atoms with E-state index in [9.17, 15) is 4.39 Å². The second-order valence-corrected chi connectivity index (χ2v) is 4.13. The van der Waals surface area contributed by atoms with Crippen LogP contribution in [0, 0.1) is 5.82 Å². The van der Waals surface area contributed by atoms with Crippen molar-refractivity contribution < 1.29 is 8.91 Å². The average molecular weight is 219 g/mol. The van der Waals surface area contributed by atoms with Crippen LogP contribution in [-0.2, 0) is 0 Å². The number of benzene rings is 1. The van der Waals surface area contributed by atoms with E-state index < -0.39 is 0 Å². The van der Waals surface area contributed by atoms with Crippen molar-refractivity contribution in [2.45, 2.75) is 25.3 Å². The second-order valence-electron chi connectivity index (χ2n) is 4.13. The van der Waals surface area contributed by atoms with Gasteiger partial charge in [-0.05, 0) is 25.0 Å². The van der Waals surface area contributed by atoms with E-state index in [0.29, 0.717) is 5.58 Å². The van der Waals surface area contributed by atoms with Gasteiger partial charge in [-0.1, -0.05) is 11.6 Å². The van der Waals surface area contributed by atoms with Crippen molar-refractivity contribution >= 4 is 11.0 Å². The van der Waals surface area contributed by atoms with Gasteiger partial charge in [0.2, 0.25) is 0 Å². The third-order valence-corrected chi connectivity index (χ3v) is 3.01. The van der Waals surface area contributed by atoms with Crippen molar-refractivity contribution in [1.29, 1.82) is 0 Å². The number of hydrogen-bond donors (Lipinski definition) is 0. The normalized spacial score (nSPS) is 21.4. The van der Waals surface area contributed by atoms with E-state index in [1.165, 1.54) is 18.6 Å². The fourth-order valence-electron chi connectivity index (χ4n) is 2.18. The van der Waals surface area contributed by atoms with Gasteiger partial charge in [-0.25, -0.2) is 9.71 Å². The fraction of sp³-hybridized carbons (Fsp3) is 0.417. The molecule has 0 N–H and O–H groups in total. The molecule has 0 saturated carbocycles. The van der Waals surface area contributed by atoms with E-state index in [1.807, 2.05) is 0 Å². The fourth-order valence-corrected chi connectivity index (χ4v) is 2.18. The number of nitrogens with zero attached hydrogens (tertiary/aromatic N) is 2. The van der Waals surface area contributed by atoms with Crippen LogP contribution in [0.4, 0.5) is 4.39 Å². The van der Waals surface area contributed by atoms with Crippen LogP contribution in [-0.4, -0.2) is 11.7 Å². The maximum absolute atomic E-state index is 13.0. The van der Waals surface area contributed by atoms with Gasteiger partial charge < -0.3 is 4.52 Å². The highest BCUT2D eigenvalue weighted by Crippen LogP contribution is 2.29. The molecule has 2 heterocycles. The van der Waals surface area contributed by atoms with Crippen LogP contribution >= 0.6 is 0 Å². The lowest BCUT2D eigenvalue weighted by molar-refractivity contribution is 0.369. The minimum Gasteiger partial charge on any atom is -0.356 e. The topological polar surface area (TPSA) is 40.1 Å². The van der Waals surface area contributed by atoms with Crippen molar-refractivity contribution in [1.82, 2.24) is 10.5 Å². The molecular weight excluding hydrogens is 207 g/mol. The Morgan fingerprint density at radius 2 is 2.25 bits per heavy atom. The van der Waals surface area contributed by atoms with Gasteiger partial charge in [0.1, 0.15) is 11.5 Å². The molecule has 1 aliphatic rings. The summed E-state index contributed by atoms with van der Waals surface area (Å²) in [5.74, 6) is -0.296. The van der Waals surface area contributed by atoms with Gasteiger partial charge in [0.25, 0.3) is 0 Å². The zero-order valence-electron chi connectivity index (χ0n) is 8.82. The number of halogens is 1. The molecule has 1 unspecified atom stereocenters. The van der Waals surface area contributed by atoms with Gasteiger partial charge in [0, 0.05) is 18.0 Å². The number of hydrogen-bond acceptors (Lipinski definition) is 2. The molecule has 0 aliphatic carbocycles. The first-order valence-corrected chi connectivity index (χ1v) is 5.56. The third kappa shape index (κ3) is 1.59. The molecular formula is C12H12FN2O. The largest absolute Gasteiger partial charge is 0.356 e. The van der Waals surface area contributed by atoms with Crippen LogP contribution < -0.4 is 5.32 Å². The van der Waals surface area contributed by atoms with E-state index in [4.69, 9.17) is 4.52 Å². The minimum absolute atomic E-state index is 0.125. The molecule has 16 heavy (non-hydrogen) atoms. The highest BCUT2D eigenvalue weighted by molar-refractivity contribution is 5.79. The summed E-state index contributed by atoms with van der Waals surface area (Å²) >= 11 is 0. The molecule has 3 rings (SSSR count). The summed E-state index contributed by atoms with van der Waals surface area (Å²) in [5, 5.41) is 9.44. The van der Waals surface area contributed by atoms with Crippen LogP contribution in [0.2, 0.25) is 0 Å². The highest BCUT2D eigenvalue weighted by Gasteiger charge is 2.22. The number of aromatic nitrogens is 1. The Morgan fingerprint density at radius 1 is 1.31 bits per heavy atom. The summed E-state index contributed by atoms with van der Waals surface area (Å²) in [6, 6.07) is 4.65. The summed E-state index contributed by atoms with van der Waals surface area (Å²) in [5.41, 5.74) is 1.37. The summed E-state index contributed by atoms with van der Waals surface area (Å²) in [6.45, 7) is 0.889. The average Bonchev–Trinajstić information content (AvgIpc) is 2.73. The number of piperidine rings is 1. The first kappa shape index (κ1) is 9.78. The SMILES string of the molecule is Fc1ccc2c(C3CCCC[N]3)noc2c1. The van der Waals surface area contributed by atoms with Crippen LogP contribution in [0.3, 0.4) is 0 Å². The van der Waals surface area contributed by atoms with Gasteiger partial charge in [0.15, 0.2) is 5.58 Å². The van der Waals surface area contributed by atoms with Gasteiger partial charge in [-0.3, -0.25) is 0 Å². The minimum atomic E-state index is -0.296. The van der Waals surface area contributed by atoms with Crippen LogP contribution in [0.25, 0.3) is 11.0 Å². The summed E-state index contributed by atoms with van der Waals surface area (Å²) in [6.07, 6.45) is 3.34. The zero-order valence-corrected chi connectivity index (χ0v) is 8.82. The van der Waals surface area contributed by atoms with Crippen LogP contribution in [0.15, 0.2) is 22.7 Å². The summed E-state index contributed by atoms with van der Waals surface area (Å²) in [4.78, 5) is 0. The molecule has 1 radical (unpaired) electrons. The molecule has 1 aromatic heterocycles. The Bertz CT molecular complexity index is 503. The quantitative estimate of drug-likeness (QED) is 0.739. The van der Waals surface area contributed by atoms with Crippen molar-refractivity contribution in [3.05, 3.63) is 29.7 Å². The van der Waals surface area contributed by atoms with E-state index in [0.717, 1.165) is 30.5 Å². The van der Waals surface area contributed by atoms with Crippen molar-refractivity contribution in [2.24, 2.45) is 0 Å². The molecule has 3 nitrogen and oxygen atoms in total. The summed E-state index contributed by atoms with van der Waals surface area (Å²) in [7, 11) is 0. The van der Waals surface area contributed by atoms with E-state index in [2.05, 4.69) is 10.5 Å². The standard InChI is InChI=1S/C12H12FN2O/c13-8-4-5-9-11(7-8)16-15-12(9)10-3-1-2-6-14-10/h4-5,7,10H,1-3,6H2. The Kier molecular flexibility index (Phi) is 2.36. The van der Waals surface area contributed by atoms with Crippen molar-refractivity contribution in [3.63, 3.8) is 0 Å². The lowest BCUT2D eigenvalue weighted by Crippen LogP contribution is -2.20. The molecule has 4 heteroatoms. The summed E-state index contributed by atoms with van der Waals surface area (Å²) < 4.78 is 18.1. The maximum atomic E-state index is 13.0. The van der Waals surface area contributed by atoms with E-state index >= 15 is 0 Å². The van der Waals surface area contributed by atoms with Gasteiger partial charge in [-0.2, -0.15) is 0 Å². The first-order chi connectivity index (χ1) is 7.84. The number of rotatable bonds is 1. The molecule has 2 aromatic rings. The van der Waals surface area contributed by atoms with Crippen LogP contribution in [0.1, 0.15) is 31.0 Å². The Labute approximate surface area is 92.6 Å². The molecule has 0 amide bonds. The van der Waals surface area contributed by atoms with Gasteiger partial charge >= 0.3 is 0 Å². The Morgan fingerprint density at radius 3 is 3.06 bits per heavy atom. The molecule has 0 spiro atoms. The lowest BCUT2D eigenvalue weighted by atomic mass is 10.00. The Balaban J connectivity index is 2.03. The monoisotopic (exact) mass is 219 g/mol. The molecule has 1 aliphatic heterocycles. The first-order valence-electron chi connectivity index (χ1n) is 5.56. The van der Waals surface area contributed by atoms with Gasteiger partial charge in [-0.15, -0.1) is 0 Å². The molecule has 83 valence electrons. The van der Waals surface area contributed by atoms with E-state index in [-0.39, 0.29) is 11.9 Å².